The van der Waals surface area contributed by atoms with Crippen LogP contribution in [0.4, 0.5) is 0 Å². The Labute approximate surface area is 259 Å². The number of carbonyl (C=O) groups excluding carboxylic acids is 4. The van der Waals surface area contributed by atoms with Gasteiger partial charge in [-0.15, -0.1) is 0 Å². The minimum Gasteiger partial charge on any atom is -0.463 e. The Kier molecular flexibility index (Phi) is 12.6. The SMILES string of the molecule is CCOC(=O)/C=C/C(=O)Oc1c(Br)cc(C(C)(C)c2cc(Br)c(OC(=O)/C=C/C(=O)OCC)c(Br)c2)cc1Br. The summed E-state index contributed by atoms with van der Waals surface area (Å²) in [7, 11) is 0. The fourth-order valence-electron chi connectivity index (χ4n) is 3.13. The van der Waals surface area contributed by atoms with Crippen molar-refractivity contribution in [1.29, 1.82) is 0 Å². The molecular formula is C27H24Br4O8. The number of hydrogen-bond donors (Lipinski definition) is 0. The second kappa shape index (κ2) is 14.9. The normalized spacial score (nSPS) is 11.5. The maximum Gasteiger partial charge on any atom is 0.336 e. The van der Waals surface area contributed by atoms with Crippen molar-refractivity contribution in [3.05, 3.63) is 77.6 Å². The summed E-state index contributed by atoms with van der Waals surface area (Å²) in [5.74, 6) is -2.29. The number of carbonyl (C=O) groups is 4. The lowest BCUT2D eigenvalue weighted by Gasteiger charge is -2.28. The van der Waals surface area contributed by atoms with Crippen LogP contribution in [0.3, 0.4) is 0 Å². The molecule has 0 aliphatic heterocycles. The maximum atomic E-state index is 12.2. The van der Waals surface area contributed by atoms with Crippen LogP contribution in [0.15, 0.2) is 66.5 Å². The van der Waals surface area contributed by atoms with Gasteiger partial charge in [0.2, 0.25) is 0 Å². The molecule has 0 aliphatic rings. The first-order valence-corrected chi connectivity index (χ1v) is 14.6. The summed E-state index contributed by atoms with van der Waals surface area (Å²) in [5.41, 5.74) is 1.17. The molecule has 8 nitrogen and oxygen atoms in total. The van der Waals surface area contributed by atoms with Gasteiger partial charge in [-0.1, -0.05) is 13.8 Å². The van der Waals surface area contributed by atoms with Crippen molar-refractivity contribution >= 4 is 87.6 Å². The van der Waals surface area contributed by atoms with Crippen LogP contribution >= 0.6 is 63.7 Å². The van der Waals surface area contributed by atoms with Crippen molar-refractivity contribution < 1.29 is 38.1 Å². The largest absolute Gasteiger partial charge is 0.463 e. The number of halogens is 4. The Hall–Kier alpha value is -2.28. The Morgan fingerprint density at radius 3 is 1.18 bits per heavy atom. The molecule has 0 bridgehead atoms. The van der Waals surface area contributed by atoms with E-state index < -0.39 is 29.3 Å². The fraction of sp³-hybridized carbons (Fsp3) is 0.259. The third-order valence-corrected chi connectivity index (χ3v) is 7.49. The lowest BCUT2D eigenvalue weighted by Crippen LogP contribution is -2.20. The molecule has 12 heteroatoms. The van der Waals surface area contributed by atoms with Crippen LogP contribution in [0.25, 0.3) is 0 Å². The van der Waals surface area contributed by atoms with E-state index in [1.54, 1.807) is 13.8 Å². The van der Waals surface area contributed by atoms with Gasteiger partial charge in [0.15, 0.2) is 11.5 Å². The molecule has 2 aromatic rings. The van der Waals surface area contributed by atoms with Gasteiger partial charge in [-0.05, 0) is 113 Å². The summed E-state index contributed by atoms with van der Waals surface area (Å²) >= 11 is 13.8. The van der Waals surface area contributed by atoms with Crippen molar-refractivity contribution in [3.63, 3.8) is 0 Å². The van der Waals surface area contributed by atoms with Crippen molar-refractivity contribution in [2.24, 2.45) is 0 Å². The molecule has 39 heavy (non-hydrogen) atoms. The zero-order valence-corrected chi connectivity index (χ0v) is 27.7. The van der Waals surface area contributed by atoms with E-state index >= 15 is 0 Å². The molecule has 0 fully saturated rings. The first-order valence-electron chi connectivity index (χ1n) is 11.4. The molecule has 0 atom stereocenters. The van der Waals surface area contributed by atoms with Gasteiger partial charge in [-0.2, -0.15) is 0 Å². The molecule has 0 aromatic heterocycles. The highest BCUT2D eigenvalue weighted by molar-refractivity contribution is 9.11. The second-order valence-electron chi connectivity index (χ2n) is 8.18. The smallest absolute Gasteiger partial charge is 0.336 e. The molecule has 0 saturated heterocycles. The Morgan fingerprint density at radius 2 is 0.897 bits per heavy atom. The van der Waals surface area contributed by atoms with Crippen LogP contribution in [-0.4, -0.2) is 37.1 Å². The highest BCUT2D eigenvalue weighted by Crippen LogP contribution is 2.44. The van der Waals surface area contributed by atoms with Crippen molar-refractivity contribution in [3.8, 4) is 11.5 Å². The van der Waals surface area contributed by atoms with Crippen LogP contribution in [0.1, 0.15) is 38.8 Å². The summed E-state index contributed by atoms with van der Waals surface area (Å²) in [4.78, 5) is 47.2. The summed E-state index contributed by atoms with van der Waals surface area (Å²) in [6.07, 6.45) is 3.98. The quantitative estimate of drug-likeness (QED) is 0.143. The highest BCUT2D eigenvalue weighted by Gasteiger charge is 2.28. The van der Waals surface area contributed by atoms with Gasteiger partial charge in [0.05, 0.1) is 31.1 Å². The van der Waals surface area contributed by atoms with E-state index in [1.165, 1.54) is 0 Å². The van der Waals surface area contributed by atoms with E-state index in [0.717, 1.165) is 35.4 Å². The van der Waals surface area contributed by atoms with Crippen molar-refractivity contribution in [1.82, 2.24) is 0 Å². The van der Waals surface area contributed by atoms with E-state index in [1.807, 2.05) is 38.1 Å². The molecule has 208 valence electrons. The standard InChI is InChI=1S/C27H24Br4O8/c1-5-36-21(32)7-9-23(34)38-25-17(28)11-15(12-18(25)29)27(3,4)16-13-19(30)26(20(31)14-16)39-24(35)10-8-22(33)37-6-2/h7-14H,5-6H2,1-4H3/b9-7+,10-8+. The van der Waals surface area contributed by atoms with Gasteiger partial charge in [-0.25, -0.2) is 19.2 Å². The third kappa shape index (κ3) is 9.40. The van der Waals surface area contributed by atoms with Crippen molar-refractivity contribution in [2.75, 3.05) is 13.2 Å². The average Bonchev–Trinajstić information content (AvgIpc) is 2.86. The molecular weight excluding hydrogens is 772 g/mol. The topological polar surface area (TPSA) is 105 Å². The summed E-state index contributed by atoms with van der Waals surface area (Å²) in [6, 6.07) is 7.27. The Morgan fingerprint density at radius 1 is 0.615 bits per heavy atom. The first kappa shape index (κ1) is 32.9. The molecule has 2 rings (SSSR count). The Balaban J connectivity index is 2.29. The van der Waals surface area contributed by atoms with Crippen LogP contribution in [-0.2, 0) is 34.1 Å². The van der Waals surface area contributed by atoms with Crippen LogP contribution in [0.5, 0.6) is 11.5 Å². The number of hydrogen-bond acceptors (Lipinski definition) is 8. The number of rotatable bonds is 10. The maximum absolute atomic E-state index is 12.2. The van der Waals surface area contributed by atoms with Gasteiger partial charge in [0.25, 0.3) is 0 Å². The molecule has 2 aromatic carbocycles. The van der Waals surface area contributed by atoms with Crippen LogP contribution < -0.4 is 9.47 Å². The number of benzene rings is 2. The van der Waals surface area contributed by atoms with Gasteiger partial charge >= 0.3 is 23.9 Å². The number of esters is 4. The summed E-state index contributed by atoms with van der Waals surface area (Å²) in [6.45, 7) is 7.71. The van der Waals surface area contributed by atoms with E-state index in [9.17, 15) is 19.2 Å². The van der Waals surface area contributed by atoms with E-state index in [0.29, 0.717) is 17.9 Å². The van der Waals surface area contributed by atoms with Crippen LogP contribution in [0, 0.1) is 0 Å². The lowest BCUT2D eigenvalue weighted by atomic mass is 9.78. The summed E-state index contributed by atoms with van der Waals surface area (Å²) in [5, 5.41) is 0. The lowest BCUT2D eigenvalue weighted by molar-refractivity contribution is -0.138. The monoisotopic (exact) mass is 792 g/mol. The second-order valence-corrected chi connectivity index (χ2v) is 11.6. The zero-order chi connectivity index (χ0) is 29.3. The molecule has 0 spiro atoms. The first-order chi connectivity index (χ1) is 18.3. The molecule has 0 amide bonds. The highest BCUT2D eigenvalue weighted by atomic mass is 79.9. The Bertz CT molecular complexity index is 1190. The van der Waals surface area contributed by atoms with Crippen molar-refractivity contribution in [2.45, 2.75) is 33.1 Å². The minimum absolute atomic E-state index is 0.196. The predicted molar refractivity (Wildman–Crippen MR) is 159 cm³/mol. The number of ether oxygens (including phenoxy) is 4. The molecule has 0 unspecified atom stereocenters. The fourth-order valence-corrected chi connectivity index (χ4v) is 5.82. The summed E-state index contributed by atoms with van der Waals surface area (Å²) < 4.78 is 22.3. The van der Waals surface area contributed by atoms with Crippen LogP contribution in [0.2, 0.25) is 0 Å². The average molecular weight is 796 g/mol. The minimum atomic E-state index is -0.744. The molecule has 0 saturated carbocycles. The molecule has 0 N–H and O–H groups in total. The molecule has 0 heterocycles. The zero-order valence-electron chi connectivity index (χ0n) is 21.3. The van der Waals surface area contributed by atoms with Gasteiger partial charge < -0.3 is 18.9 Å². The van der Waals surface area contributed by atoms with E-state index in [2.05, 4.69) is 63.7 Å². The third-order valence-electron chi connectivity index (χ3n) is 5.13. The molecule has 0 radical (unpaired) electrons. The van der Waals surface area contributed by atoms with E-state index in [4.69, 9.17) is 18.9 Å². The van der Waals surface area contributed by atoms with E-state index in [-0.39, 0.29) is 24.7 Å². The van der Waals surface area contributed by atoms with Gasteiger partial charge in [-0.3, -0.25) is 0 Å². The van der Waals surface area contributed by atoms with Gasteiger partial charge in [0.1, 0.15) is 0 Å². The predicted octanol–water partition coefficient (Wildman–Crippen LogP) is 7.11. The molecule has 0 aliphatic carbocycles. The van der Waals surface area contributed by atoms with Gasteiger partial charge in [0, 0.05) is 29.7 Å².